The molecule has 0 saturated heterocycles. The van der Waals surface area contributed by atoms with E-state index in [2.05, 4.69) is 20.6 Å². The molecule has 0 aliphatic rings. The largest absolute Gasteiger partial charge is 0.384 e. The summed E-state index contributed by atoms with van der Waals surface area (Å²) in [7, 11) is 0. The number of nitrogen functional groups attached to an aromatic ring is 1. The Morgan fingerprint density at radius 3 is 2.95 bits per heavy atom. The van der Waals surface area contributed by atoms with Crippen molar-refractivity contribution in [2.45, 2.75) is 26.4 Å². The second-order valence-corrected chi connectivity index (χ2v) is 4.44. The van der Waals surface area contributed by atoms with Crippen LogP contribution in [0.5, 0.6) is 0 Å². The van der Waals surface area contributed by atoms with E-state index in [1.54, 1.807) is 6.20 Å². The normalized spacial score (nSPS) is 10.6. The molecule has 19 heavy (non-hydrogen) atoms. The third kappa shape index (κ3) is 2.87. The minimum Gasteiger partial charge on any atom is -0.384 e. The summed E-state index contributed by atoms with van der Waals surface area (Å²) < 4.78 is 1.35. The fraction of sp³-hybridized carbons (Fsp3) is 0.364. The predicted octanol–water partition coefficient (Wildman–Crippen LogP) is 1.22. The fourth-order valence-electron chi connectivity index (χ4n) is 1.61. The highest BCUT2D eigenvalue weighted by Crippen LogP contribution is 2.17. The molecule has 0 aromatic carbocycles. The lowest BCUT2D eigenvalue weighted by Gasteiger charge is -2.09. The molecule has 8 heteroatoms. The van der Waals surface area contributed by atoms with Crippen molar-refractivity contribution in [2.24, 2.45) is 0 Å². The molecule has 0 radical (unpaired) electrons. The van der Waals surface area contributed by atoms with Crippen LogP contribution in [-0.2, 0) is 13.1 Å². The summed E-state index contributed by atoms with van der Waals surface area (Å²) in [5.74, 6) is 0.482. The molecule has 0 bridgehead atoms. The number of aromatic amines is 1. The highest BCUT2D eigenvalue weighted by Gasteiger charge is 2.09. The number of hydrogen-bond donors (Lipinski definition) is 3. The van der Waals surface area contributed by atoms with Crippen molar-refractivity contribution in [3.05, 3.63) is 33.3 Å². The molecule has 0 spiro atoms. The van der Waals surface area contributed by atoms with Gasteiger partial charge in [-0.1, -0.05) is 18.5 Å². The van der Waals surface area contributed by atoms with Crippen LogP contribution >= 0.6 is 11.6 Å². The van der Waals surface area contributed by atoms with Crippen LogP contribution < -0.4 is 16.6 Å². The summed E-state index contributed by atoms with van der Waals surface area (Å²) in [6.07, 6.45) is 3.97. The Morgan fingerprint density at radius 2 is 2.32 bits per heavy atom. The fourth-order valence-corrected chi connectivity index (χ4v) is 1.82. The first-order chi connectivity index (χ1) is 9.13. The predicted molar refractivity (Wildman–Crippen MR) is 74.1 cm³/mol. The maximum absolute atomic E-state index is 11.9. The summed E-state index contributed by atoms with van der Waals surface area (Å²) >= 11 is 6.02. The van der Waals surface area contributed by atoms with Crippen molar-refractivity contribution in [3.8, 4) is 0 Å². The Morgan fingerprint density at radius 1 is 1.53 bits per heavy atom. The Bertz CT molecular complexity index is 620. The molecule has 102 valence electrons. The summed E-state index contributed by atoms with van der Waals surface area (Å²) in [6, 6.07) is 0. The maximum atomic E-state index is 11.9. The van der Waals surface area contributed by atoms with E-state index < -0.39 is 0 Å². The SMILES string of the molecule is CCCn1ncc(NCc2cn[nH]c2N)c(Cl)c1=O. The zero-order chi connectivity index (χ0) is 13.8. The number of nitrogens with zero attached hydrogens (tertiary/aromatic N) is 3. The number of nitrogens with one attached hydrogen (secondary N) is 2. The lowest BCUT2D eigenvalue weighted by atomic mass is 10.3. The number of halogens is 1. The number of aryl methyl sites for hydroxylation is 1. The van der Waals surface area contributed by atoms with Crippen molar-refractivity contribution in [1.82, 2.24) is 20.0 Å². The van der Waals surface area contributed by atoms with E-state index in [9.17, 15) is 4.79 Å². The molecular formula is C11H15ClN6O. The number of anilines is 2. The van der Waals surface area contributed by atoms with E-state index in [1.165, 1.54) is 10.9 Å². The van der Waals surface area contributed by atoms with Gasteiger partial charge < -0.3 is 11.1 Å². The molecule has 2 aromatic heterocycles. The van der Waals surface area contributed by atoms with Crippen molar-refractivity contribution in [3.63, 3.8) is 0 Å². The molecule has 7 nitrogen and oxygen atoms in total. The molecule has 0 fully saturated rings. The smallest absolute Gasteiger partial charge is 0.287 e. The maximum Gasteiger partial charge on any atom is 0.287 e. The van der Waals surface area contributed by atoms with E-state index in [1.807, 2.05) is 6.92 Å². The zero-order valence-electron chi connectivity index (χ0n) is 10.5. The second-order valence-electron chi connectivity index (χ2n) is 4.06. The molecule has 0 aliphatic carbocycles. The first kappa shape index (κ1) is 13.4. The van der Waals surface area contributed by atoms with Gasteiger partial charge in [-0.15, -0.1) is 0 Å². The van der Waals surface area contributed by atoms with Crippen molar-refractivity contribution >= 4 is 23.1 Å². The Kier molecular flexibility index (Phi) is 4.06. The molecule has 4 N–H and O–H groups in total. The minimum atomic E-state index is -0.298. The van der Waals surface area contributed by atoms with E-state index >= 15 is 0 Å². The Labute approximate surface area is 114 Å². The monoisotopic (exact) mass is 282 g/mol. The first-order valence-corrected chi connectivity index (χ1v) is 6.28. The van der Waals surface area contributed by atoms with Gasteiger partial charge in [0.25, 0.3) is 5.56 Å². The molecule has 0 unspecified atom stereocenters. The van der Waals surface area contributed by atoms with Crippen LogP contribution in [0.3, 0.4) is 0 Å². The third-order valence-electron chi connectivity index (χ3n) is 2.64. The lowest BCUT2D eigenvalue weighted by Crippen LogP contribution is -2.24. The van der Waals surface area contributed by atoms with Crippen molar-refractivity contribution in [2.75, 3.05) is 11.1 Å². The first-order valence-electron chi connectivity index (χ1n) is 5.90. The quantitative estimate of drug-likeness (QED) is 0.765. The van der Waals surface area contributed by atoms with Crippen LogP contribution in [0.4, 0.5) is 11.5 Å². The van der Waals surface area contributed by atoms with Gasteiger partial charge in [0.2, 0.25) is 0 Å². The molecular weight excluding hydrogens is 268 g/mol. The van der Waals surface area contributed by atoms with Crippen molar-refractivity contribution < 1.29 is 0 Å². The average Bonchev–Trinajstić information content (AvgIpc) is 2.80. The standard InChI is InChI=1S/C11H15ClN6O/c1-2-3-18-11(19)9(12)8(6-16-18)14-4-7-5-15-17-10(7)13/h5-6,14H,2-4H2,1H3,(H3,13,15,17). The molecule has 2 aromatic rings. The summed E-state index contributed by atoms with van der Waals surface area (Å²) in [5, 5.41) is 13.6. The van der Waals surface area contributed by atoms with Gasteiger partial charge in [0.1, 0.15) is 10.8 Å². The van der Waals surface area contributed by atoms with Gasteiger partial charge >= 0.3 is 0 Å². The Hall–Kier alpha value is -2.02. The third-order valence-corrected chi connectivity index (χ3v) is 3.01. The van der Waals surface area contributed by atoms with Gasteiger partial charge in [-0.3, -0.25) is 9.89 Å². The van der Waals surface area contributed by atoms with Gasteiger partial charge in [0.05, 0.1) is 18.1 Å². The number of H-pyrrole nitrogens is 1. The van der Waals surface area contributed by atoms with Crippen LogP contribution in [0.25, 0.3) is 0 Å². The number of hydrogen-bond acceptors (Lipinski definition) is 5. The highest BCUT2D eigenvalue weighted by molar-refractivity contribution is 6.32. The van der Waals surface area contributed by atoms with Gasteiger partial charge in [-0.2, -0.15) is 10.2 Å². The molecule has 0 aliphatic heterocycles. The van der Waals surface area contributed by atoms with Crippen LogP contribution in [-0.4, -0.2) is 20.0 Å². The van der Waals surface area contributed by atoms with Gasteiger partial charge in [0, 0.05) is 18.7 Å². The van der Waals surface area contributed by atoms with E-state index in [-0.39, 0.29) is 10.6 Å². The molecule has 0 atom stereocenters. The molecule has 0 saturated carbocycles. The summed E-state index contributed by atoms with van der Waals surface area (Å²) in [4.78, 5) is 11.9. The summed E-state index contributed by atoms with van der Waals surface area (Å²) in [6.45, 7) is 2.93. The van der Waals surface area contributed by atoms with E-state index in [4.69, 9.17) is 17.3 Å². The van der Waals surface area contributed by atoms with Crippen LogP contribution in [0, 0.1) is 0 Å². The van der Waals surface area contributed by atoms with Gasteiger partial charge in [0.15, 0.2) is 0 Å². The zero-order valence-corrected chi connectivity index (χ0v) is 11.2. The highest BCUT2D eigenvalue weighted by atomic mass is 35.5. The summed E-state index contributed by atoms with van der Waals surface area (Å²) in [5.41, 5.74) is 6.65. The van der Waals surface area contributed by atoms with Crippen LogP contribution in [0.15, 0.2) is 17.2 Å². The van der Waals surface area contributed by atoms with E-state index in [0.717, 1.165) is 12.0 Å². The van der Waals surface area contributed by atoms with Crippen LogP contribution in [0.2, 0.25) is 5.02 Å². The molecule has 2 rings (SSSR count). The van der Waals surface area contributed by atoms with E-state index in [0.29, 0.717) is 24.6 Å². The molecule has 2 heterocycles. The number of aromatic nitrogens is 4. The Balaban J connectivity index is 2.16. The number of nitrogens with two attached hydrogens (primary N) is 1. The number of rotatable bonds is 5. The lowest BCUT2D eigenvalue weighted by molar-refractivity contribution is 0.568. The van der Waals surface area contributed by atoms with Crippen LogP contribution in [0.1, 0.15) is 18.9 Å². The topological polar surface area (TPSA) is 102 Å². The second kappa shape index (κ2) is 5.75. The average molecular weight is 283 g/mol. The molecule has 0 amide bonds. The van der Waals surface area contributed by atoms with Gasteiger partial charge in [-0.25, -0.2) is 4.68 Å². The van der Waals surface area contributed by atoms with Crippen molar-refractivity contribution in [1.29, 1.82) is 0 Å². The minimum absolute atomic E-state index is 0.130. The van der Waals surface area contributed by atoms with Gasteiger partial charge in [-0.05, 0) is 6.42 Å².